The van der Waals surface area contributed by atoms with Gasteiger partial charge < -0.3 is 9.30 Å². The standard InChI is InChI=1S/C11H21N3OS/c1-3-4-5-9-16-11-13-12-10-14(11)7-6-8-15-2/h10H,3-9H2,1-2H3. The summed E-state index contributed by atoms with van der Waals surface area (Å²) in [5, 5.41) is 9.11. The van der Waals surface area contributed by atoms with Crippen LogP contribution >= 0.6 is 11.8 Å². The number of rotatable bonds is 9. The molecule has 0 aliphatic rings. The Kier molecular flexibility index (Phi) is 7.25. The molecule has 0 saturated heterocycles. The van der Waals surface area contributed by atoms with Crippen LogP contribution in [-0.4, -0.2) is 34.2 Å². The number of aromatic nitrogens is 3. The van der Waals surface area contributed by atoms with Gasteiger partial charge in [-0.1, -0.05) is 31.5 Å². The number of thioether (sulfide) groups is 1. The van der Waals surface area contributed by atoms with Crippen molar-refractivity contribution in [2.75, 3.05) is 19.5 Å². The molecule has 1 rings (SSSR count). The Morgan fingerprint density at radius 3 is 3.00 bits per heavy atom. The maximum absolute atomic E-state index is 5.03. The van der Waals surface area contributed by atoms with E-state index in [9.17, 15) is 0 Å². The van der Waals surface area contributed by atoms with Crippen LogP contribution in [0.15, 0.2) is 11.5 Å². The highest BCUT2D eigenvalue weighted by atomic mass is 32.2. The molecule has 0 aliphatic carbocycles. The van der Waals surface area contributed by atoms with E-state index in [-0.39, 0.29) is 0 Å². The minimum atomic E-state index is 0.790. The molecule has 1 aromatic rings. The molecule has 0 atom stereocenters. The number of methoxy groups -OCH3 is 1. The van der Waals surface area contributed by atoms with E-state index >= 15 is 0 Å². The normalized spacial score (nSPS) is 10.9. The average molecular weight is 243 g/mol. The van der Waals surface area contributed by atoms with Crippen molar-refractivity contribution in [1.82, 2.24) is 14.8 Å². The van der Waals surface area contributed by atoms with Crippen LogP contribution in [0.2, 0.25) is 0 Å². The molecule has 0 N–H and O–H groups in total. The zero-order chi connectivity index (χ0) is 11.6. The first-order chi connectivity index (χ1) is 7.88. The summed E-state index contributed by atoms with van der Waals surface area (Å²) in [6.45, 7) is 3.95. The van der Waals surface area contributed by atoms with Gasteiger partial charge in [0.15, 0.2) is 5.16 Å². The van der Waals surface area contributed by atoms with Gasteiger partial charge in [0.2, 0.25) is 0 Å². The fraction of sp³-hybridized carbons (Fsp3) is 0.818. The Hall–Kier alpha value is -0.550. The van der Waals surface area contributed by atoms with Crippen LogP contribution in [0.25, 0.3) is 0 Å². The molecule has 4 nitrogen and oxygen atoms in total. The fourth-order valence-corrected chi connectivity index (χ4v) is 2.34. The second kappa shape index (κ2) is 8.58. The highest BCUT2D eigenvalue weighted by molar-refractivity contribution is 7.99. The van der Waals surface area contributed by atoms with Gasteiger partial charge in [-0.3, -0.25) is 0 Å². The van der Waals surface area contributed by atoms with Gasteiger partial charge in [-0.05, 0) is 12.8 Å². The number of hydrogen-bond donors (Lipinski definition) is 0. The van der Waals surface area contributed by atoms with E-state index in [1.165, 1.54) is 19.3 Å². The van der Waals surface area contributed by atoms with E-state index in [1.54, 1.807) is 25.2 Å². The van der Waals surface area contributed by atoms with Crippen LogP contribution in [0.4, 0.5) is 0 Å². The predicted octanol–water partition coefficient (Wildman–Crippen LogP) is 2.60. The fourth-order valence-electron chi connectivity index (χ4n) is 1.40. The molecule has 5 heteroatoms. The number of ether oxygens (including phenoxy) is 1. The van der Waals surface area contributed by atoms with Gasteiger partial charge in [0.25, 0.3) is 0 Å². The molecule has 0 radical (unpaired) electrons. The quantitative estimate of drug-likeness (QED) is 0.494. The van der Waals surface area contributed by atoms with Crippen molar-refractivity contribution in [2.45, 2.75) is 44.3 Å². The Bertz CT molecular complexity index is 278. The van der Waals surface area contributed by atoms with Gasteiger partial charge in [0, 0.05) is 26.0 Å². The second-order valence-corrected chi connectivity index (χ2v) is 4.77. The largest absolute Gasteiger partial charge is 0.385 e. The van der Waals surface area contributed by atoms with E-state index in [0.717, 1.165) is 30.5 Å². The summed E-state index contributed by atoms with van der Waals surface area (Å²) in [7, 11) is 1.73. The third kappa shape index (κ3) is 4.99. The van der Waals surface area contributed by atoms with E-state index in [0.29, 0.717) is 0 Å². The monoisotopic (exact) mass is 243 g/mol. The van der Waals surface area contributed by atoms with E-state index in [2.05, 4.69) is 21.7 Å². The lowest BCUT2D eigenvalue weighted by Gasteiger charge is -2.05. The van der Waals surface area contributed by atoms with Crippen LogP contribution in [-0.2, 0) is 11.3 Å². The molecule has 0 fully saturated rings. The molecule has 0 aromatic carbocycles. The minimum Gasteiger partial charge on any atom is -0.385 e. The summed E-state index contributed by atoms with van der Waals surface area (Å²) in [6.07, 6.45) is 6.63. The van der Waals surface area contributed by atoms with Crippen LogP contribution in [0, 0.1) is 0 Å². The molecule has 16 heavy (non-hydrogen) atoms. The third-order valence-electron chi connectivity index (χ3n) is 2.31. The van der Waals surface area contributed by atoms with Gasteiger partial charge in [0.1, 0.15) is 6.33 Å². The van der Waals surface area contributed by atoms with Crippen LogP contribution in [0.1, 0.15) is 32.6 Å². The van der Waals surface area contributed by atoms with Gasteiger partial charge in [-0.15, -0.1) is 10.2 Å². The van der Waals surface area contributed by atoms with Crippen molar-refractivity contribution in [3.63, 3.8) is 0 Å². The van der Waals surface area contributed by atoms with Gasteiger partial charge in [0.05, 0.1) is 0 Å². The first kappa shape index (κ1) is 13.5. The third-order valence-corrected chi connectivity index (χ3v) is 3.37. The Balaban J connectivity index is 2.26. The lowest BCUT2D eigenvalue weighted by molar-refractivity contribution is 0.189. The lowest BCUT2D eigenvalue weighted by atomic mass is 10.3. The average Bonchev–Trinajstić information content (AvgIpc) is 2.73. The van der Waals surface area contributed by atoms with Crippen molar-refractivity contribution < 1.29 is 4.74 Å². The first-order valence-corrected chi connectivity index (χ1v) is 6.86. The Labute approximate surface area is 102 Å². The van der Waals surface area contributed by atoms with E-state index in [4.69, 9.17) is 4.74 Å². The van der Waals surface area contributed by atoms with E-state index in [1.807, 2.05) is 0 Å². The number of nitrogens with zero attached hydrogens (tertiary/aromatic N) is 3. The molecule has 0 amide bonds. The summed E-state index contributed by atoms with van der Waals surface area (Å²) in [5.74, 6) is 1.14. The maximum atomic E-state index is 5.03. The van der Waals surface area contributed by atoms with Crippen LogP contribution in [0.3, 0.4) is 0 Å². The number of aryl methyl sites for hydroxylation is 1. The molecule has 0 unspecified atom stereocenters. The highest BCUT2D eigenvalue weighted by Crippen LogP contribution is 2.17. The molecule has 0 aliphatic heterocycles. The molecular weight excluding hydrogens is 222 g/mol. The number of unbranched alkanes of at least 4 members (excludes halogenated alkanes) is 2. The summed E-state index contributed by atoms with van der Waals surface area (Å²) in [4.78, 5) is 0. The van der Waals surface area contributed by atoms with Crippen LogP contribution in [0.5, 0.6) is 0 Å². The summed E-state index contributed by atoms with van der Waals surface area (Å²) >= 11 is 1.80. The van der Waals surface area contributed by atoms with Crippen LogP contribution < -0.4 is 0 Å². The highest BCUT2D eigenvalue weighted by Gasteiger charge is 2.03. The second-order valence-electron chi connectivity index (χ2n) is 3.71. The molecule has 0 saturated carbocycles. The molecule has 0 spiro atoms. The maximum Gasteiger partial charge on any atom is 0.190 e. The summed E-state index contributed by atoms with van der Waals surface area (Å²) in [6, 6.07) is 0. The van der Waals surface area contributed by atoms with Crippen molar-refractivity contribution in [2.24, 2.45) is 0 Å². The topological polar surface area (TPSA) is 39.9 Å². The van der Waals surface area contributed by atoms with Gasteiger partial charge >= 0.3 is 0 Å². The molecule has 0 bridgehead atoms. The van der Waals surface area contributed by atoms with Crippen molar-refractivity contribution in [3.8, 4) is 0 Å². The number of hydrogen-bond acceptors (Lipinski definition) is 4. The van der Waals surface area contributed by atoms with Gasteiger partial charge in [-0.2, -0.15) is 0 Å². The molecule has 92 valence electrons. The summed E-state index contributed by atoms with van der Waals surface area (Å²) in [5.41, 5.74) is 0. The zero-order valence-electron chi connectivity index (χ0n) is 10.2. The van der Waals surface area contributed by atoms with E-state index < -0.39 is 0 Å². The van der Waals surface area contributed by atoms with Crippen molar-refractivity contribution >= 4 is 11.8 Å². The Morgan fingerprint density at radius 2 is 2.25 bits per heavy atom. The Morgan fingerprint density at radius 1 is 1.38 bits per heavy atom. The zero-order valence-corrected chi connectivity index (χ0v) is 11.0. The van der Waals surface area contributed by atoms with Crippen molar-refractivity contribution in [3.05, 3.63) is 6.33 Å². The molecule has 1 aromatic heterocycles. The molecular formula is C11H21N3OS. The lowest BCUT2D eigenvalue weighted by Crippen LogP contribution is -2.02. The summed E-state index contributed by atoms with van der Waals surface area (Å²) < 4.78 is 7.14. The smallest absolute Gasteiger partial charge is 0.190 e. The first-order valence-electron chi connectivity index (χ1n) is 5.88. The SMILES string of the molecule is CCCCCSc1nncn1CCCOC. The molecule has 1 heterocycles. The predicted molar refractivity (Wildman–Crippen MR) is 66.8 cm³/mol. The van der Waals surface area contributed by atoms with Gasteiger partial charge in [-0.25, -0.2) is 0 Å². The van der Waals surface area contributed by atoms with Crippen molar-refractivity contribution in [1.29, 1.82) is 0 Å². The minimum absolute atomic E-state index is 0.790.